The second kappa shape index (κ2) is 9.86. The lowest BCUT2D eigenvalue weighted by Crippen LogP contribution is -2.17. The van der Waals surface area contributed by atoms with Crippen molar-refractivity contribution in [3.05, 3.63) is 145 Å². The summed E-state index contributed by atoms with van der Waals surface area (Å²) in [4.78, 5) is 9.99. The molecular weight excluding hydrogens is 526 g/mol. The lowest BCUT2D eigenvalue weighted by molar-refractivity contribution is 1.10. The molecule has 0 amide bonds. The first kappa shape index (κ1) is 24.8. The van der Waals surface area contributed by atoms with Gasteiger partial charge < -0.3 is 0 Å². The predicted molar refractivity (Wildman–Crippen MR) is 176 cm³/mol. The Bertz CT molecular complexity index is 2240. The summed E-state index contributed by atoms with van der Waals surface area (Å²) in [5, 5.41) is 17.7. The van der Waals surface area contributed by atoms with Gasteiger partial charge in [-0.1, -0.05) is 97.1 Å². The van der Waals surface area contributed by atoms with Crippen molar-refractivity contribution in [1.29, 1.82) is 10.8 Å². The van der Waals surface area contributed by atoms with E-state index in [-0.39, 0.29) is 11.4 Å². The molecule has 1 aliphatic carbocycles. The second-order valence-electron chi connectivity index (χ2n) is 10.6. The van der Waals surface area contributed by atoms with Crippen molar-refractivity contribution in [3.8, 4) is 39.5 Å². The molecule has 0 atom stereocenters. The summed E-state index contributed by atoms with van der Waals surface area (Å²) in [5.74, 6) is 0.910. The Morgan fingerprint density at radius 3 is 1.86 bits per heavy atom. The first-order chi connectivity index (χ1) is 21.2. The van der Waals surface area contributed by atoms with E-state index in [0.717, 1.165) is 72.5 Å². The van der Waals surface area contributed by atoms with Gasteiger partial charge in [0.15, 0.2) is 0 Å². The van der Waals surface area contributed by atoms with Crippen LogP contribution in [0.25, 0.3) is 67.5 Å². The van der Waals surface area contributed by atoms with Gasteiger partial charge in [0.25, 0.3) is 0 Å². The number of rotatable bonds is 4. The van der Waals surface area contributed by atoms with Gasteiger partial charge in [0.05, 0.1) is 33.7 Å². The molecule has 2 aromatic heterocycles. The van der Waals surface area contributed by atoms with Gasteiger partial charge in [-0.15, -0.1) is 0 Å². The van der Waals surface area contributed by atoms with Gasteiger partial charge in [0.1, 0.15) is 5.82 Å². The molecule has 43 heavy (non-hydrogen) atoms. The largest absolute Gasteiger partial charge is 0.299 e. The zero-order valence-corrected chi connectivity index (χ0v) is 23.1. The fraction of sp³-hybridized carbons (Fsp3) is 0. The average molecular weight is 552 g/mol. The number of nitrogens with zero attached hydrogens (tertiary/aromatic N) is 3. The van der Waals surface area contributed by atoms with E-state index in [1.807, 2.05) is 42.5 Å². The highest BCUT2D eigenvalue weighted by Gasteiger charge is 2.22. The molecule has 5 aromatic carbocycles. The summed E-state index contributed by atoms with van der Waals surface area (Å²) in [6.07, 6.45) is 3.60. The van der Waals surface area contributed by atoms with Crippen LogP contribution in [-0.4, -0.2) is 26.0 Å². The highest BCUT2D eigenvalue weighted by atomic mass is 15.1. The van der Waals surface area contributed by atoms with Crippen molar-refractivity contribution in [3.63, 3.8) is 0 Å². The Labute approximate surface area is 248 Å². The van der Waals surface area contributed by atoms with E-state index in [2.05, 4.69) is 95.6 Å². The highest BCUT2D eigenvalue weighted by Crippen LogP contribution is 2.35. The quantitative estimate of drug-likeness (QED) is 0.229. The van der Waals surface area contributed by atoms with E-state index in [4.69, 9.17) is 20.8 Å². The number of pyridine rings is 1. The molecule has 2 N–H and O–H groups in total. The molecule has 0 radical (unpaired) electrons. The van der Waals surface area contributed by atoms with E-state index in [1.165, 1.54) is 0 Å². The van der Waals surface area contributed by atoms with Gasteiger partial charge in [-0.05, 0) is 53.6 Å². The maximum atomic E-state index is 8.63. The monoisotopic (exact) mass is 551 g/mol. The van der Waals surface area contributed by atoms with E-state index in [0.29, 0.717) is 0 Å². The number of fused-ring (bicyclic) bond motifs is 4. The maximum absolute atomic E-state index is 8.63. The van der Waals surface area contributed by atoms with Gasteiger partial charge >= 0.3 is 0 Å². The molecule has 0 unspecified atom stereocenters. The summed E-state index contributed by atoms with van der Waals surface area (Å²) < 4.78 is 2.21. The standard InChI is InChI=1S/C38H25N5/c39-31-23-22-30-35(36(31)40)29-10-4-5-11-32(29)41-37(30)26-18-14-24(15-19-26)25-16-20-27(21-17-25)38-42-33-12-6-7-13-34(33)43(38)28-8-2-1-3-9-28/h1-23,39-40H. The first-order valence-electron chi connectivity index (χ1n) is 14.2. The Kier molecular flexibility index (Phi) is 5.69. The number of hydrogen-bond donors (Lipinski definition) is 2. The predicted octanol–water partition coefficient (Wildman–Crippen LogP) is 8.99. The van der Waals surface area contributed by atoms with Crippen LogP contribution in [0, 0.1) is 10.8 Å². The zero-order chi connectivity index (χ0) is 28.9. The smallest absolute Gasteiger partial charge is 0.145 e. The summed E-state index contributed by atoms with van der Waals surface area (Å²) in [6, 6.07) is 43.4. The van der Waals surface area contributed by atoms with Crippen molar-refractivity contribution in [1.82, 2.24) is 14.5 Å². The Balaban J connectivity index is 1.17. The lowest BCUT2D eigenvalue weighted by atomic mass is 9.88. The Morgan fingerprint density at radius 1 is 0.512 bits per heavy atom. The van der Waals surface area contributed by atoms with Crippen LogP contribution in [0.1, 0.15) is 11.1 Å². The van der Waals surface area contributed by atoms with Crippen molar-refractivity contribution in [2.75, 3.05) is 0 Å². The minimum atomic E-state index is 0.216. The fourth-order valence-electron chi connectivity index (χ4n) is 5.95. The summed E-state index contributed by atoms with van der Waals surface area (Å²) in [5.41, 5.74) is 11.1. The molecule has 202 valence electrons. The van der Waals surface area contributed by atoms with Crippen LogP contribution in [0.2, 0.25) is 0 Å². The molecule has 5 heteroatoms. The molecule has 0 fully saturated rings. The number of para-hydroxylation sites is 4. The van der Waals surface area contributed by atoms with Crippen molar-refractivity contribution in [2.45, 2.75) is 0 Å². The van der Waals surface area contributed by atoms with Crippen LogP contribution in [0.15, 0.2) is 133 Å². The molecular formula is C38H25N5. The first-order valence-corrected chi connectivity index (χ1v) is 14.2. The molecule has 0 saturated carbocycles. The highest BCUT2D eigenvalue weighted by molar-refractivity contribution is 6.54. The van der Waals surface area contributed by atoms with Crippen molar-refractivity contribution >= 4 is 39.4 Å². The average Bonchev–Trinajstić information content (AvgIpc) is 3.46. The van der Waals surface area contributed by atoms with Crippen molar-refractivity contribution < 1.29 is 0 Å². The van der Waals surface area contributed by atoms with Crippen LogP contribution in [0.4, 0.5) is 0 Å². The SMILES string of the molecule is N=C1C=Cc2c(-c3ccc(-c4ccc(-c5nc6ccccc6n5-c5ccccc5)cc4)cc3)nc3ccccc3c2C1=N. The van der Waals surface area contributed by atoms with E-state index >= 15 is 0 Å². The summed E-state index contributed by atoms with van der Waals surface area (Å²) >= 11 is 0. The zero-order valence-electron chi connectivity index (χ0n) is 23.1. The van der Waals surface area contributed by atoms with E-state index in [9.17, 15) is 0 Å². The number of hydrogen-bond acceptors (Lipinski definition) is 4. The second-order valence-corrected chi connectivity index (χ2v) is 10.6. The van der Waals surface area contributed by atoms with Crippen LogP contribution < -0.4 is 0 Å². The number of allylic oxidation sites excluding steroid dienone is 1. The van der Waals surface area contributed by atoms with Crippen LogP contribution in [-0.2, 0) is 0 Å². The minimum absolute atomic E-state index is 0.216. The number of imidazole rings is 1. The van der Waals surface area contributed by atoms with Gasteiger partial charge in [-0.3, -0.25) is 15.4 Å². The minimum Gasteiger partial charge on any atom is -0.299 e. The lowest BCUT2D eigenvalue weighted by Gasteiger charge is -2.19. The molecule has 0 spiro atoms. The molecule has 0 bridgehead atoms. The summed E-state index contributed by atoms with van der Waals surface area (Å²) in [6.45, 7) is 0. The third-order valence-corrected chi connectivity index (χ3v) is 8.08. The molecule has 1 aliphatic rings. The van der Waals surface area contributed by atoms with E-state index in [1.54, 1.807) is 6.08 Å². The Hall–Kier alpha value is -5.94. The normalized spacial score (nSPS) is 12.7. The molecule has 7 aromatic rings. The van der Waals surface area contributed by atoms with Crippen LogP contribution in [0.3, 0.4) is 0 Å². The van der Waals surface area contributed by atoms with Gasteiger partial charge in [-0.2, -0.15) is 0 Å². The van der Waals surface area contributed by atoms with Gasteiger partial charge in [0.2, 0.25) is 0 Å². The molecule has 0 aliphatic heterocycles. The summed E-state index contributed by atoms with van der Waals surface area (Å²) in [7, 11) is 0. The maximum Gasteiger partial charge on any atom is 0.145 e. The fourth-order valence-corrected chi connectivity index (χ4v) is 5.95. The molecule has 8 rings (SSSR count). The molecule has 2 heterocycles. The molecule has 0 saturated heterocycles. The third kappa shape index (κ3) is 4.10. The van der Waals surface area contributed by atoms with Gasteiger partial charge in [0, 0.05) is 33.3 Å². The van der Waals surface area contributed by atoms with E-state index < -0.39 is 0 Å². The Morgan fingerprint density at radius 2 is 1.12 bits per heavy atom. The topological polar surface area (TPSA) is 78.4 Å². The number of aromatic nitrogens is 3. The van der Waals surface area contributed by atoms with Crippen LogP contribution in [0.5, 0.6) is 0 Å². The third-order valence-electron chi connectivity index (χ3n) is 8.08. The van der Waals surface area contributed by atoms with Crippen molar-refractivity contribution in [2.24, 2.45) is 0 Å². The van der Waals surface area contributed by atoms with Crippen LogP contribution >= 0.6 is 0 Å². The number of nitrogens with one attached hydrogen (secondary N) is 2. The molecule has 5 nitrogen and oxygen atoms in total. The van der Waals surface area contributed by atoms with Gasteiger partial charge in [-0.25, -0.2) is 9.97 Å². The number of benzene rings is 5.